The summed E-state index contributed by atoms with van der Waals surface area (Å²) in [4.78, 5) is 17.1. The molecule has 1 amide bonds. The fourth-order valence-electron chi connectivity index (χ4n) is 4.22. The first-order valence-electron chi connectivity index (χ1n) is 8.66. The third kappa shape index (κ3) is 3.11. The highest BCUT2D eigenvalue weighted by molar-refractivity contribution is 7.14. The van der Waals surface area contributed by atoms with E-state index in [9.17, 15) is 4.79 Å². The van der Waals surface area contributed by atoms with Crippen LogP contribution in [-0.4, -0.2) is 25.1 Å². The number of nitrogens with zero attached hydrogens (tertiary/aromatic N) is 1. The van der Waals surface area contributed by atoms with Crippen molar-refractivity contribution in [3.63, 3.8) is 0 Å². The highest BCUT2D eigenvalue weighted by Gasteiger charge is 2.43. The summed E-state index contributed by atoms with van der Waals surface area (Å²) in [6.45, 7) is 0. The molecule has 0 spiro atoms. The smallest absolute Gasteiger partial charge is 0.229 e. The van der Waals surface area contributed by atoms with Crippen LogP contribution in [0.2, 0.25) is 0 Å². The zero-order valence-corrected chi connectivity index (χ0v) is 15.3. The van der Waals surface area contributed by atoms with Gasteiger partial charge in [-0.2, -0.15) is 0 Å². The molecule has 1 aromatic heterocycles. The van der Waals surface area contributed by atoms with Crippen LogP contribution in [0.1, 0.15) is 25.7 Å². The number of nitrogens with one attached hydrogen (secondary N) is 1. The van der Waals surface area contributed by atoms with Crippen LogP contribution in [0, 0.1) is 17.8 Å². The molecule has 6 heteroatoms. The van der Waals surface area contributed by atoms with Gasteiger partial charge in [0.05, 0.1) is 19.9 Å². The Morgan fingerprint density at radius 2 is 2.04 bits per heavy atom. The van der Waals surface area contributed by atoms with E-state index in [4.69, 9.17) is 9.47 Å². The maximum Gasteiger partial charge on any atom is 0.229 e. The van der Waals surface area contributed by atoms with Crippen molar-refractivity contribution in [3.05, 3.63) is 23.6 Å². The third-order valence-electron chi connectivity index (χ3n) is 5.49. The Bertz CT molecular complexity index is 789. The van der Waals surface area contributed by atoms with E-state index >= 15 is 0 Å². The molecule has 0 saturated heterocycles. The van der Waals surface area contributed by atoms with Crippen molar-refractivity contribution < 1.29 is 14.3 Å². The molecule has 2 bridgehead atoms. The lowest BCUT2D eigenvalue weighted by atomic mass is 9.88. The Morgan fingerprint density at radius 1 is 1.20 bits per heavy atom. The molecular formula is C19H22N2O3S. The van der Waals surface area contributed by atoms with Crippen LogP contribution in [0.4, 0.5) is 5.13 Å². The van der Waals surface area contributed by atoms with Crippen LogP contribution in [0.3, 0.4) is 0 Å². The van der Waals surface area contributed by atoms with Crippen LogP contribution in [-0.2, 0) is 4.79 Å². The maximum absolute atomic E-state index is 12.6. The van der Waals surface area contributed by atoms with Crippen LogP contribution >= 0.6 is 11.3 Å². The van der Waals surface area contributed by atoms with Crippen molar-refractivity contribution >= 4 is 22.4 Å². The number of hydrogen-bond donors (Lipinski definition) is 1. The quantitative estimate of drug-likeness (QED) is 0.870. The Labute approximate surface area is 151 Å². The van der Waals surface area contributed by atoms with Gasteiger partial charge in [-0.05, 0) is 49.3 Å². The number of anilines is 1. The van der Waals surface area contributed by atoms with E-state index in [-0.39, 0.29) is 11.8 Å². The van der Waals surface area contributed by atoms with Crippen molar-refractivity contribution in [3.8, 4) is 22.8 Å². The first kappa shape index (κ1) is 16.4. The average molecular weight is 358 g/mol. The first-order chi connectivity index (χ1) is 12.2. The second-order valence-electron chi connectivity index (χ2n) is 6.88. The Morgan fingerprint density at radius 3 is 2.72 bits per heavy atom. The summed E-state index contributed by atoms with van der Waals surface area (Å²) in [6.07, 6.45) is 4.78. The highest BCUT2D eigenvalue weighted by Crippen LogP contribution is 2.48. The number of thiazole rings is 1. The van der Waals surface area contributed by atoms with Crippen molar-refractivity contribution in [2.45, 2.75) is 25.7 Å². The number of aromatic nitrogens is 1. The van der Waals surface area contributed by atoms with Gasteiger partial charge in [0.2, 0.25) is 5.91 Å². The van der Waals surface area contributed by atoms with Crippen molar-refractivity contribution in [1.82, 2.24) is 4.98 Å². The molecule has 2 saturated carbocycles. The molecule has 2 aliphatic carbocycles. The van der Waals surface area contributed by atoms with Gasteiger partial charge in [0.15, 0.2) is 16.6 Å². The van der Waals surface area contributed by atoms with Gasteiger partial charge < -0.3 is 14.8 Å². The molecule has 1 aromatic carbocycles. The predicted molar refractivity (Wildman–Crippen MR) is 98.2 cm³/mol. The summed E-state index contributed by atoms with van der Waals surface area (Å²) in [6, 6.07) is 5.70. The second-order valence-corrected chi connectivity index (χ2v) is 7.74. The molecule has 2 aliphatic rings. The number of carbonyl (C=O) groups excluding carboxylic acids is 1. The van der Waals surface area contributed by atoms with Gasteiger partial charge in [0.25, 0.3) is 0 Å². The summed E-state index contributed by atoms with van der Waals surface area (Å²) in [7, 11) is 3.23. The average Bonchev–Trinajstić information content (AvgIpc) is 3.37. The van der Waals surface area contributed by atoms with Gasteiger partial charge in [-0.3, -0.25) is 4.79 Å². The molecule has 3 unspecified atom stereocenters. The zero-order valence-electron chi connectivity index (χ0n) is 14.5. The standard InChI is InChI=1S/C19H22N2O3S/c1-23-16-6-5-13(9-17(16)24-2)15-10-25-19(20-15)21-18(22)14-8-11-3-4-12(14)7-11/h5-6,9-12,14H,3-4,7-8H2,1-2H3,(H,20,21,22). The fraction of sp³-hybridized carbons (Fsp3) is 0.474. The van der Waals surface area contributed by atoms with E-state index in [1.165, 1.54) is 30.6 Å². The van der Waals surface area contributed by atoms with Crippen molar-refractivity contribution in [1.29, 1.82) is 0 Å². The van der Waals surface area contributed by atoms with E-state index in [0.29, 0.717) is 22.5 Å². The van der Waals surface area contributed by atoms with Gasteiger partial charge in [-0.1, -0.05) is 6.42 Å². The molecule has 25 heavy (non-hydrogen) atoms. The van der Waals surface area contributed by atoms with Crippen molar-refractivity contribution in [2.75, 3.05) is 19.5 Å². The lowest BCUT2D eigenvalue weighted by Crippen LogP contribution is -2.27. The van der Waals surface area contributed by atoms with Crippen LogP contribution in [0.25, 0.3) is 11.3 Å². The molecular weight excluding hydrogens is 336 g/mol. The summed E-state index contributed by atoms with van der Waals surface area (Å²) in [5, 5.41) is 5.64. The number of fused-ring (bicyclic) bond motifs is 2. The predicted octanol–water partition coefficient (Wildman–Crippen LogP) is 4.20. The van der Waals surface area contributed by atoms with E-state index in [1.54, 1.807) is 14.2 Å². The van der Waals surface area contributed by atoms with Crippen LogP contribution < -0.4 is 14.8 Å². The monoisotopic (exact) mass is 358 g/mol. The zero-order chi connectivity index (χ0) is 17.4. The summed E-state index contributed by atoms with van der Waals surface area (Å²) < 4.78 is 10.6. The molecule has 132 valence electrons. The lowest BCUT2D eigenvalue weighted by molar-refractivity contribution is -0.121. The maximum atomic E-state index is 12.6. The normalized spacial score (nSPS) is 24.3. The molecule has 4 rings (SSSR count). The largest absolute Gasteiger partial charge is 0.493 e. The molecule has 3 atom stereocenters. The van der Waals surface area contributed by atoms with Gasteiger partial charge in [0, 0.05) is 16.9 Å². The van der Waals surface area contributed by atoms with Crippen LogP contribution in [0.15, 0.2) is 23.6 Å². The summed E-state index contributed by atoms with van der Waals surface area (Å²) in [5.41, 5.74) is 1.77. The molecule has 1 N–H and O–H groups in total. The van der Waals surface area contributed by atoms with E-state index in [1.807, 2.05) is 23.6 Å². The highest BCUT2D eigenvalue weighted by atomic mass is 32.1. The van der Waals surface area contributed by atoms with E-state index in [2.05, 4.69) is 10.3 Å². The number of ether oxygens (including phenoxy) is 2. The van der Waals surface area contributed by atoms with Gasteiger partial charge in [-0.15, -0.1) is 11.3 Å². The second kappa shape index (κ2) is 6.67. The topological polar surface area (TPSA) is 60.5 Å². The number of amides is 1. The summed E-state index contributed by atoms with van der Waals surface area (Å²) >= 11 is 1.46. The number of carbonyl (C=O) groups is 1. The molecule has 2 fully saturated rings. The molecule has 5 nitrogen and oxygen atoms in total. The number of benzene rings is 1. The number of methoxy groups -OCH3 is 2. The van der Waals surface area contributed by atoms with E-state index < -0.39 is 0 Å². The Hall–Kier alpha value is -2.08. The van der Waals surface area contributed by atoms with Gasteiger partial charge in [0.1, 0.15) is 0 Å². The molecule has 2 aromatic rings. The number of rotatable bonds is 5. The fourth-order valence-corrected chi connectivity index (χ4v) is 4.95. The minimum absolute atomic E-state index is 0.139. The van der Waals surface area contributed by atoms with Gasteiger partial charge in [-0.25, -0.2) is 4.98 Å². The summed E-state index contributed by atoms with van der Waals surface area (Å²) in [5.74, 6) is 3.01. The number of hydrogen-bond acceptors (Lipinski definition) is 5. The Balaban J connectivity index is 1.48. The third-order valence-corrected chi connectivity index (χ3v) is 6.25. The van der Waals surface area contributed by atoms with Crippen molar-refractivity contribution in [2.24, 2.45) is 17.8 Å². The lowest BCUT2D eigenvalue weighted by Gasteiger charge is -2.19. The molecule has 1 heterocycles. The van der Waals surface area contributed by atoms with Gasteiger partial charge >= 0.3 is 0 Å². The van der Waals surface area contributed by atoms with E-state index in [0.717, 1.165) is 23.6 Å². The molecule has 0 radical (unpaired) electrons. The SMILES string of the molecule is COc1ccc(-c2csc(NC(=O)C3CC4CCC3C4)n2)cc1OC. The minimum Gasteiger partial charge on any atom is -0.493 e. The van der Waals surface area contributed by atoms with Crippen LogP contribution in [0.5, 0.6) is 11.5 Å². The Kier molecular flexibility index (Phi) is 4.37. The molecule has 0 aliphatic heterocycles. The first-order valence-corrected chi connectivity index (χ1v) is 9.54. The minimum atomic E-state index is 0.139.